The molecule has 41 heavy (non-hydrogen) atoms. The fourth-order valence-corrected chi connectivity index (χ4v) is 4.84. The molecule has 0 saturated heterocycles. The highest BCUT2D eigenvalue weighted by atomic mass is 16.3. The van der Waals surface area contributed by atoms with E-state index in [1.807, 2.05) is 48.8 Å². The second-order valence-electron chi connectivity index (χ2n) is 9.44. The van der Waals surface area contributed by atoms with E-state index < -0.39 is 0 Å². The second-order valence-corrected chi connectivity index (χ2v) is 9.44. The standard InChI is InChI=1S/C34H18N6O/c1-36-26-11-13-38-32(17-26)30-9-5-25(20-40-30)23-3-7-28-27-6-2-22(15-33(27)41-34(28)16-23)24-4-8-29(39-19-24)31-14-21(18-35)10-12-37-31/h2-17,19-20H. The summed E-state index contributed by atoms with van der Waals surface area (Å²) in [7, 11) is 0. The number of nitrogens with zero attached hydrogens (tertiary/aromatic N) is 6. The number of aromatic nitrogens is 4. The van der Waals surface area contributed by atoms with Crippen LogP contribution in [-0.2, 0) is 0 Å². The van der Waals surface area contributed by atoms with Crippen LogP contribution in [0.5, 0.6) is 0 Å². The number of hydrogen-bond acceptors (Lipinski definition) is 6. The average molecular weight is 527 g/mol. The summed E-state index contributed by atoms with van der Waals surface area (Å²) in [5.74, 6) is 0. The first-order chi connectivity index (χ1) is 20.2. The van der Waals surface area contributed by atoms with Crippen molar-refractivity contribution < 1.29 is 4.42 Å². The van der Waals surface area contributed by atoms with Gasteiger partial charge in [0.2, 0.25) is 0 Å². The molecule has 0 unspecified atom stereocenters. The fourth-order valence-electron chi connectivity index (χ4n) is 4.84. The Kier molecular flexibility index (Phi) is 5.74. The van der Waals surface area contributed by atoms with Gasteiger partial charge < -0.3 is 4.42 Å². The Labute approximate surface area is 234 Å². The summed E-state index contributed by atoms with van der Waals surface area (Å²) in [4.78, 5) is 21.3. The van der Waals surface area contributed by atoms with Crippen LogP contribution >= 0.6 is 0 Å². The lowest BCUT2D eigenvalue weighted by molar-refractivity contribution is 0.669. The van der Waals surface area contributed by atoms with Crippen LogP contribution in [0.25, 0.3) is 71.8 Å². The van der Waals surface area contributed by atoms with E-state index in [4.69, 9.17) is 16.3 Å². The number of pyridine rings is 4. The first-order valence-corrected chi connectivity index (χ1v) is 12.8. The quantitative estimate of drug-likeness (QED) is 0.214. The van der Waals surface area contributed by atoms with Crippen molar-refractivity contribution >= 4 is 27.6 Å². The summed E-state index contributed by atoms with van der Waals surface area (Å²) in [6.07, 6.45) is 6.86. The van der Waals surface area contributed by atoms with Gasteiger partial charge in [-0.25, -0.2) is 4.85 Å². The summed E-state index contributed by atoms with van der Waals surface area (Å²) in [6.45, 7) is 7.21. The van der Waals surface area contributed by atoms with Crippen LogP contribution in [0.4, 0.5) is 5.69 Å². The molecule has 7 rings (SSSR count). The summed E-state index contributed by atoms with van der Waals surface area (Å²) >= 11 is 0. The van der Waals surface area contributed by atoms with Crippen molar-refractivity contribution in [2.45, 2.75) is 0 Å². The van der Waals surface area contributed by atoms with Gasteiger partial charge in [-0.3, -0.25) is 19.9 Å². The van der Waals surface area contributed by atoms with Crippen molar-refractivity contribution in [3.05, 3.63) is 127 Å². The number of fused-ring (bicyclic) bond motifs is 3. The normalized spacial score (nSPS) is 10.9. The molecule has 0 spiro atoms. The minimum atomic E-state index is 0.534. The first-order valence-electron chi connectivity index (χ1n) is 12.8. The number of rotatable bonds is 4. The van der Waals surface area contributed by atoms with E-state index in [2.05, 4.69) is 55.1 Å². The largest absolute Gasteiger partial charge is 0.456 e. The maximum atomic E-state index is 9.16. The molecule has 0 aliphatic rings. The molecule has 190 valence electrons. The molecule has 7 heteroatoms. The van der Waals surface area contributed by atoms with Gasteiger partial charge in [0.05, 0.1) is 41.0 Å². The van der Waals surface area contributed by atoms with Crippen molar-refractivity contribution in [2.24, 2.45) is 0 Å². The van der Waals surface area contributed by atoms with Gasteiger partial charge in [-0.1, -0.05) is 24.3 Å². The van der Waals surface area contributed by atoms with Crippen LogP contribution in [-0.4, -0.2) is 19.9 Å². The van der Waals surface area contributed by atoms with E-state index in [1.54, 1.807) is 36.7 Å². The van der Waals surface area contributed by atoms with Gasteiger partial charge in [-0.2, -0.15) is 5.26 Å². The Morgan fingerprint density at radius 2 is 1.15 bits per heavy atom. The molecule has 0 aliphatic carbocycles. The lowest BCUT2D eigenvalue weighted by Gasteiger charge is -2.04. The Balaban J connectivity index is 1.18. The van der Waals surface area contributed by atoms with Crippen LogP contribution in [0, 0.1) is 17.9 Å². The van der Waals surface area contributed by atoms with Crippen LogP contribution in [0.3, 0.4) is 0 Å². The number of benzene rings is 2. The summed E-state index contributed by atoms with van der Waals surface area (Å²) in [5, 5.41) is 11.2. The van der Waals surface area contributed by atoms with Crippen molar-refractivity contribution in [2.75, 3.05) is 0 Å². The minimum absolute atomic E-state index is 0.534. The van der Waals surface area contributed by atoms with Crippen LogP contribution in [0.2, 0.25) is 0 Å². The van der Waals surface area contributed by atoms with Gasteiger partial charge in [0.15, 0.2) is 5.69 Å². The molecule has 0 bridgehead atoms. The number of nitriles is 1. The molecule has 0 aliphatic heterocycles. The zero-order chi connectivity index (χ0) is 27.8. The van der Waals surface area contributed by atoms with Crippen molar-refractivity contribution in [1.82, 2.24) is 19.9 Å². The lowest BCUT2D eigenvalue weighted by atomic mass is 10.0. The molecule has 0 atom stereocenters. The van der Waals surface area contributed by atoms with E-state index in [1.165, 1.54) is 0 Å². The zero-order valence-electron chi connectivity index (χ0n) is 21.5. The lowest BCUT2D eigenvalue weighted by Crippen LogP contribution is -1.89. The van der Waals surface area contributed by atoms with Gasteiger partial charge in [0.25, 0.3) is 0 Å². The molecule has 0 amide bonds. The monoisotopic (exact) mass is 526 g/mol. The maximum absolute atomic E-state index is 9.16. The van der Waals surface area contributed by atoms with E-state index in [0.29, 0.717) is 34.0 Å². The minimum Gasteiger partial charge on any atom is -0.456 e. The fraction of sp³-hybridized carbons (Fsp3) is 0. The van der Waals surface area contributed by atoms with E-state index in [0.717, 1.165) is 44.2 Å². The molecular weight excluding hydrogens is 508 g/mol. The van der Waals surface area contributed by atoms with Crippen molar-refractivity contribution in [3.63, 3.8) is 0 Å². The SMILES string of the molecule is [C-]#[N+]c1ccnc(-c2ccc(-c3ccc4c(c3)oc3cc(-c5ccc(-c6cc(C#N)ccn6)nc5)ccc34)cn2)c1. The third kappa shape index (κ3) is 4.44. The smallest absolute Gasteiger partial charge is 0.190 e. The van der Waals surface area contributed by atoms with E-state index >= 15 is 0 Å². The Bertz CT molecular complexity index is 2010. The highest BCUT2D eigenvalue weighted by molar-refractivity contribution is 6.06. The summed E-state index contributed by atoms with van der Waals surface area (Å²) < 4.78 is 6.29. The van der Waals surface area contributed by atoms with Crippen LogP contribution in [0.15, 0.2) is 114 Å². The zero-order valence-corrected chi connectivity index (χ0v) is 21.5. The third-order valence-electron chi connectivity index (χ3n) is 6.95. The number of hydrogen-bond donors (Lipinski definition) is 0. The molecule has 7 aromatic rings. The van der Waals surface area contributed by atoms with Crippen molar-refractivity contribution in [1.29, 1.82) is 5.26 Å². The molecule has 7 nitrogen and oxygen atoms in total. The van der Waals surface area contributed by atoms with Crippen LogP contribution < -0.4 is 0 Å². The van der Waals surface area contributed by atoms with Crippen LogP contribution in [0.1, 0.15) is 5.56 Å². The predicted molar refractivity (Wildman–Crippen MR) is 158 cm³/mol. The van der Waals surface area contributed by atoms with E-state index in [-0.39, 0.29) is 0 Å². The summed E-state index contributed by atoms with van der Waals surface area (Å²) in [5.41, 5.74) is 9.32. The molecule has 0 N–H and O–H groups in total. The van der Waals surface area contributed by atoms with E-state index in [9.17, 15) is 0 Å². The molecule has 0 fully saturated rings. The Morgan fingerprint density at radius 1 is 0.585 bits per heavy atom. The van der Waals surface area contributed by atoms with Gasteiger partial charge in [0.1, 0.15) is 11.2 Å². The molecule has 5 aromatic heterocycles. The Morgan fingerprint density at radius 3 is 1.68 bits per heavy atom. The highest BCUT2D eigenvalue weighted by Crippen LogP contribution is 2.35. The first kappa shape index (κ1) is 23.9. The summed E-state index contributed by atoms with van der Waals surface area (Å²) in [6, 6.07) is 29.1. The molecule has 2 aromatic carbocycles. The molecule has 5 heterocycles. The average Bonchev–Trinajstić information content (AvgIpc) is 3.42. The van der Waals surface area contributed by atoms with Gasteiger partial charge in [0, 0.05) is 46.7 Å². The van der Waals surface area contributed by atoms with Gasteiger partial charge >= 0.3 is 0 Å². The highest BCUT2D eigenvalue weighted by Gasteiger charge is 2.12. The molecule has 0 radical (unpaired) electrons. The second kappa shape index (κ2) is 9.85. The maximum Gasteiger partial charge on any atom is 0.190 e. The Hall–Kier alpha value is -6.18. The number of furan rings is 1. The molecule has 0 saturated carbocycles. The van der Waals surface area contributed by atoms with Gasteiger partial charge in [-0.15, -0.1) is 0 Å². The van der Waals surface area contributed by atoms with Crippen molar-refractivity contribution in [3.8, 4) is 51.1 Å². The van der Waals surface area contributed by atoms with Gasteiger partial charge in [-0.05, 0) is 71.8 Å². The predicted octanol–water partition coefficient (Wildman–Crippen LogP) is 8.26. The topological polar surface area (TPSA) is 92.8 Å². The molecular formula is C34H18N6O. The third-order valence-corrected chi connectivity index (χ3v) is 6.95.